The van der Waals surface area contributed by atoms with Gasteiger partial charge in [0.15, 0.2) is 0 Å². The van der Waals surface area contributed by atoms with E-state index in [1.54, 1.807) is 0 Å². The number of hydrogen-bond donors (Lipinski definition) is 2. The van der Waals surface area contributed by atoms with Crippen molar-refractivity contribution in [2.75, 3.05) is 13.6 Å². The Labute approximate surface area is 179 Å². The van der Waals surface area contributed by atoms with Crippen LogP contribution >= 0.6 is 0 Å². The van der Waals surface area contributed by atoms with Crippen molar-refractivity contribution >= 4 is 0 Å². The third kappa shape index (κ3) is 4.52. The summed E-state index contributed by atoms with van der Waals surface area (Å²) < 4.78 is 6.08. The predicted molar refractivity (Wildman–Crippen MR) is 123 cm³/mol. The monoisotopic (exact) mass is 401 g/mol. The first kappa shape index (κ1) is 20.5. The van der Waals surface area contributed by atoms with E-state index in [0.717, 1.165) is 31.6 Å². The minimum atomic E-state index is 0.179. The molecule has 3 nitrogen and oxygen atoms in total. The van der Waals surface area contributed by atoms with Crippen LogP contribution in [0.3, 0.4) is 0 Å². The van der Waals surface area contributed by atoms with E-state index in [9.17, 15) is 5.11 Å². The number of aryl methyl sites for hydroxylation is 1. The molecule has 0 saturated carbocycles. The third-order valence-electron chi connectivity index (χ3n) is 6.19. The van der Waals surface area contributed by atoms with Gasteiger partial charge in [-0.2, -0.15) is 0 Å². The summed E-state index contributed by atoms with van der Waals surface area (Å²) in [6.45, 7) is 3.06. The molecular formula is C27H31NO2. The van der Waals surface area contributed by atoms with E-state index >= 15 is 0 Å². The quantitative estimate of drug-likeness (QED) is 0.539. The molecule has 2 N–H and O–H groups in total. The van der Waals surface area contributed by atoms with Crippen LogP contribution in [0.15, 0.2) is 72.8 Å². The molecule has 3 heteroatoms. The summed E-state index contributed by atoms with van der Waals surface area (Å²) in [5, 5.41) is 13.2. The standard InChI is InChI=1S/C27H31NO2/c1-19(16-17-28-2)30-24-12-8-21(9-13-24)27-25(20-6-4-3-5-7-20)14-10-22-18-23(29)11-15-26(22)27/h3-9,11-13,15,18-19,25,27-29H,10,14,16-17H2,1-2H3. The molecule has 4 rings (SSSR count). The zero-order valence-electron chi connectivity index (χ0n) is 17.8. The third-order valence-corrected chi connectivity index (χ3v) is 6.19. The van der Waals surface area contributed by atoms with Gasteiger partial charge in [0.2, 0.25) is 0 Å². The number of phenols is 1. The first-order valence-corrected chi connectivity index (χ1v) is 10.9. The second-order valence-corrected chi connectivity index (χ2v) is 8.31. The largest absolute Gasteiger partial charge is 0.508 e. The van der Waals surface area contributed by atoms with Crippen LogP contribution in [0.4, 0.5) is 0 Å². The fourth-order valence-corrected chi connectivity index (χ4v) is 4.67. The highest BCUT2D eigenvalue weighted by Gasteiger charge is 2.32. The molecule has 0 radical (unpaired) electrons. The molecule has 0 saturated heterocycles. The molecule has 1 aliphatic rings. The normalized spacial score (nSPS) is 19.1. The number of ether oxygens (including phenoxy) is 1. The maximum absolute atomic E-state index is 9.99. The van der Waals surface area contributed by atoms with Crippen LogP contribution in [0.25, 0.3) is 0 Å². The van der Waals surface area contributed by atoms with E-state index in [4.69, 9.17) is 4.74 Å². The van der Waals surface area contributed by atoms with E-state index < -0.39 is 0 Å². The van der Waals surface area contributed by atoms with Gasteiger partial charge in [0.05, 0.1) is 6.10 Å². The molecule has 3 aromatic carbocycles. The number of nitrogens with one attached hydrogen (secondary N) is 1. The number of aromatic hydroxyl groups is 1. The molecule has 3 atom stereocenters. The van der Waals surface area contributed by atoms with Crippen LogP contribution in [-0.2, 0) is 6.42 Å². The molecule has 0 aliphatic heterocycles. The molecule has 3 aromatic rings. The van der Waals surface area contributed by atoms with Crippen LogP contribution in [0, 0.1) is 0 Å². The Hall–Kier alpha value is -2.78. The second kappa shape index (κ2) is 9.36. The Morgan fingerprint density at radius 2 is 1.77 bits per heavy atom. The first-order chi connectivity index (χ1) is 14.7. The number of benzene rings is 3. The molecule has 0 aromatic heterocycles. The molecule has 0 bridgehead atoms. The predicted octanol–water partition coefficient (Wildman–Crippen LogP) is 5.63. The molecule has 0 amide bonds. The lowest BCUT2D eigenvalue weighted by Crippen LogP contribution is -2.21. The minimum Gasteiger partial charge on any atom is -0.508 e. The summed E-state index contributed by atoms with van der Waals surface area (Å²) in [6, 6.07) is 25.3. The molecular weight excluding hydrogens is 370 g/mol. The molecule has 156 valence electrons. The zero-order valence-corrected chi connectivity index (χ0v) is 17.8. The van der Waals surface area contributed by atoms with Crippen LogP contribution in [0.5, 0.6) is 11.5 Å². The van der Waals surface area contributed by atoms with Crippen molar-refractivity contribution in [3.05, 3.63) is 95.1 Å². The number of rotatable bonds is 7. The van der Waals surface area contributed by atoms with Crippen molar-refractivity contribution in [3.63, 3.8) is 0 Å². The van der Waals surface area contributed by atoms with Gasteiger partial charge in [0, 0.05) is 5.92 Å². The second-order valence-electron chi connectivity index (χ2n) is 8.31. The Morgan fingerprint density at radius 3 is 2.50 bits per heavy atom. The molecule has 0 spiro atoms. The molecule has 0 heterocycles. The Bertz CT molecular complexity index is 952. The van der Waals surface area contributed by atoms with Crippen molar-refractivity contribution in [2.45, 2.75) is 44.1 Å². The van der Waals surface area contributed by atoms with Gasteiger partial charge >= 0.3 is 0 Å². The van der Waals surface area contributed by atoms with Gasteiger partial charge in [-0.25, -0.2) is 0 Å². The Balaban J connectivity index is 1.65. The van der Waals surface area contributed by atoms with Crippen molar-refractivity contribution < 1.29 is 9.84 Å². The fraction of sp³-hybridized carbons (Fsp3) is 0.333. The lowest BCUT2D eigenvalue weighted by molar-refractivity contribution is 0.211. The summed E-state index contributed by atoms with van der Waals surface area (Å²) in [7, 11) is 1.96. The van der Waals surface area contributed by atoms with E-state index in [2.05, 4.69) is 72.9 Å². The zero-order chi connectivity index (χ0) is 20.9. The van der Waals surface area contributed by atoms with Gasteiger partial charge in [0.1, 0.15) is 11.5 Å². The number of phenolic OH excluding ortho intramolecular Hbond substituents is 1. The first-order valence-electron chi connectivity index (χ1n) is 10.9. The van der Waals surface area contributed by atoms with Crippen molar-refractivity contribution in [3.8, 4) is 11.5 Å². The van der Waals surface area contributed by atoms with Gasteiger partial charge in [0.25, 0.3) is 0 Å². The number of fused-ring (bicyclic) bond motifs is 1. The minimum absolute atomic E-state index is 0.179. The van der Waals surface area contributed by atoms with Gasteiger partial charge in [-0.1, -0.05) is 48.5 Å². The van der Waals surface area contributed by atoms with Crippen LogP contribution < -0.4 is 10.1 Å². The summed E-state index contributed by atoms with van der Waals surface area (Å²) in [5.74, 6) is 1.96. The van der Waals surface area contributed by atoms with Gasteiger partial charge in [-0.15, -0.1) is 0 Å². The van der Waals surface area contributed by atoms with E-state index in [1.807, 2.05) is 19.2 Å². The van der Waals surface area contributed by atoms with Gasteiger partial charge in [-0.3, -0.25) is 0 Å². The SMILES string of the molecule is CNCCC(C)Oc1ccc(C2c3ccc(O)cc3CCC2c2ccccc2)cc1. The highest BCUT2D eigenvalue weighted by atomic mass is 16.5. The van der Waals surface area contributed by atoms with Crippen LogP contribution in [0.1, 0.15) is 53.9 Å². The van der Waals surface area contributed by atoms with E-state index in [-0.39, 0.29) is 12.0 Å². The average molecular weight is 402 g/mol. The maximum atomic E-state index is 9.99. The topological polar surface area (TPSA) is 41.5 Å². The molecule has 3 unspecified atom stereocenters. The Morgan fingerprint density at radius 1 is 1.00 bits per heavy atom. The van der Waals surface area contributed by atoms with Crippen LogP contribution in [-0.4, -0.2) is 24.8 Å². The maximum Gasteiger partial charge on any atom is 0.119 e. The van der Waals surface area contributed by atoms with E-state index in [1.165, 1.54) is 22.3 Å². The lowest BCUT2D eigenvalue weighted by Gasteiger charge is -2.35. The molecule has 0 fully saturated rings. The van der Waals surface area contributed by atoms with Crippen molar-refractivity contribution in [1.29, 1.82) is 0 Å². The average Bonchev–Trinajstić information content (AvgIpc) is 2.78. The molecule has 1 aliphatic carbocycles. The van der Waals surface area contributed by atoms with E-state index in [0.29, 0.717) is 11.7 Å². The fourth-order valence-electron chi connectivity index (χ4n) is 4.67. The highest BCUT2D eigenvalue weighted by Crippen LogP contribution is 2.47. The highest BCUT2D eigenvalue weighted by molar-refractivity contribution is 5.48. The van der Waals surface area contributed by atoms with Crippen molar-refractivity contribution in [2.24, 2.45) is 0 Å². The summed E-state index contributed by atoms with van der Waals surface area (Å²) >= 11 is 0. The summed E-state index contributed by atoms with van der Waals surface area (Å²) in [5.41, 5.74) is 5.25. The Kier molecular flexibility index (Phi) is 6.39. The molecule has 30 heavy (non-hydrogen) atoms. The number of hydrogen-bond acceptors (Lipinski definition) is 3. The summed E-state index contributed by atoms with van der Waals surface area (Å²) in [4.78, 5) is 0. The smallest absolute Gasteiger partial charge is 0.119 e. The van der Waals surface area contributed by atoms with Gasteiger partial charge in [-0.05, 0) is 92.2 Å². The van der Waals surface area contributed by atoms with Crippen LogP contribution in [0.2, 0.25) is 0 Å². The van der Waals surface area contributed by atoms with Crippen molar-refractivity contribution in [1.82, 2.24) is 5.32 Å². The van der Waals surface area contributed by atoms with Gasteiger partial charge < -0.3 is 15.2 Å². The summed E-state index contributed by atoms with van der Waals surface area (Å²) in [6.07, 6.45) is 3.22. The lowest BCUT2D eigenvalue weighted by atomic mass is 9.69.